The van der Waals surface area contributed by atoms with Gasteiger partial charge in [0, 0.05) is 18.5 Å². The highest BCUT2D eigenvalue weighted by Crippen LogP contribution is 2.37. The van der Waals surface area contributed by atoms with Crippen molar-refractivity contribution in [1.82, 2.24) is 4.90 Å². The summed E-state index contributed by atoms with van der Waals surface area (Å²) in [7, 11) is 0. The highest BCUT2D eigenvalue weighted by atomic mass is 16.5. The third-order valence-electron chi connectivity index (χ3n) is 3.37. The normalized spacial score (nSPS) is 16.2. The molecule has 0 bridgehead atoms. The second kappa shape index (κ2) is 5.21. The van der Waals surface area contributed by atoms with Crippen LogP contribution in [0.5, 0.6) is 5.75 Å². The second-order valence-electron chi connectivity index (χ2n) is 5.64. The number of rotatable bonds is 5. The van der Waals surface area contributed by atoms with Crippen LogP contribution in [0.15, 0.2) is 18.2 Å². The molecule has 4 heteroatoms. The summed E-state index contributed by atoms with van der Waals surface area (Å²) in [5.74, 6) is 0.145. The van der Waals surface area contributed by atoms with Crippen molar-refractivity contribution in [2.75, 3.05) is 13.1 Å². The van der Waals surface area contributed by atoms with E-state index in [0.717, 1.165) is 17.7 Å². The maximum atomic E-state index is 10.8. The summed E-state index contributed by atoms with van der Waals surface area (Å²) in [6, 6.07) is 6.12. The third kappa shape index (κ3) is 3.26. The van der Waals surface area contributed by atoms with E-state index >= 15 is 0 Å². The molecule has 0 spiro atoms. The van der Waals surface area contributed by atoms with Gasteiger partial charge < -0.3 is 9.84 Å². The Bertz CT molecular complexity index is 482. The van der Waals surface area contributed by atoms with Gasteiger partial charge in [0.2, 0.25) is 0 Å². The first-order valence-corrected chi connectivity index (χ1v) is 6.65. The van der Waals surface area contributed by atoms with Crippen LogP contribution in [0.25, 0.3) is 0 Å². The lowest BCUT2D eigenvalue weighted by Crippen LogP contribution is -2.29. The maximum Gasteiger partial charge on any atom is 0.317 e. The quantitative estimate of drug-likeness (QED) is 0.885. The van der Waals surface area contributed by atoms with Gasteiger partial charge in [-0.2, -0.15) is 0 Å². The molecule has 1 aromatic carbocycles. The molecule has 104 valence electrons. The zero-order chi connectivity index (χ0) is 14.0. The first-order chi connectivity index (χ1) is 8.91. The summed E-state index contributed by atoms with van der Waals surface area (Å²) in [6.07, 6.45) is 0.904. The minimum atomic E-state index is -0.796. The Kier molecular flexibility index (Phi) is 3.80. The minimum absolute atomic E-state index is 0.0591. The van der Waals surface area contributed by atoms with Crippen LogP contribution in [0.1, 0.15) is 31.9 Å². The van der Waals surface area contributed by atoms with Gasteiger partial charge in [-0.15, -0.1) is 0 Å². The summed E-state index contributed by atoms with van der Waals surface area (Å²) in [6.45, 7) is 7.50. The van der Waals surface area contributed by atoms with Crippen LogP contribution < -0.4 is 4.74 Å². The molecule has 0 amide bonds. The van der Waals surface area contributed by atoms with Gasteiger partial charge >= 0.3 is 5.97 Å². The number of benzene rings is 1. The molecule has 1 aliphatic rings. The zero-order valence-electron chi connectivity index (χ0n) is 11.8. The smallest absolute Gasteiger partial charge is 0.317 e. The molecule has 0 saturated heterocycles. The highest BCUT2D eigenvalue weighted by Gasteiger charge is 2.31. The Morgan fingerprint density at radius 2 is 2.21 bits per heavy atom. The number of ether oxygens (including phenoxy) is 1. The molecule has 0 saturated carbocycles. The Hall–Kier alpha value is -1.55. The molecule has 0 radical (unpaired) electrons. The number of nitrogens with zero attached hydrogens (tertiary/aromatic N) is 1. The average Bonchev–Trinajstić information content (AvgIpc) is 2.62. The Morgan fingerprint density at radius 1 is 1.47 bits per heavy atom. The number of fused-ring (bicyclic) bond motifs is 1. The summed E-state index contributed by atoms with van der Waals surface area (Å²) < 4.78 is 6.00. The summed E-state index contributed by atoms with van der Waals surface area (Å²) in [5.41, 5.74) is 2.13. The number of carboxylic acids is 1. The van der Waals surface area contributed by atoms with Gasteiger partial charge in [-0.05, 0) is 26.0 Å². The van der Waals surface area contributed by atoms with Crippen molar-refractivity contribution >= 4 is 5.97 Å². The molecule has 1 aromatic rings. The van der Waals surface area contributed by atoms with Crippen LogP contribution in [0.2, 0.25) is 0 Å². The predicted molar refractivity (Wildman–Crippen MR) is 73.4 cm³/mol. The number of hydrogen-bond acceptors (Lipinski definition) is 3. The van der Waals surface area contributed by atoms with E-state index in [1.54, 1.807) is 0 Å². The fourth-order valence-corrected chi connectivity index (χ4v) is 2.52. The van der Waals surface area contributed by atoms with E-state index in [1.165, 1.54) is 5.56 Å². The standard InChI is InChI=1S/C15H21NO3/c1-4-16(10-13(17)18)9-12-7-5-6-11-8-15(2,3)19-14(11)12/h5-7H,4,8-10H2,1-3H3,(H,17,18). The van der Waals surface area contributed by atoms with Crippen molar-refractivity contribution in [3.8, 4) is 5.75 Å². The van der Waals surface area contributed by atoms with Gasteiger partial charge in [0.05, 0.1) is 6.54 Å². The number of carbonyl (C=O) groups is 1. The van der Waals surface area contributed by atoms with E-state index in [4.69, 9.17) is 9.84 Å². The molecule has 1 heterocycles. The lowest BCUT2D eigenvalue weighted by molar-refractivity contribution is -0.138. The molecule has 0 fully saturated rings. The fourth-order valence-electron chi connectivity index (χ4n) is 2.52. The zero-order valence-corrected chi connectivity index (χ0v) is 11.8. The van der Waals surface area contributed by atoms with Crippen LogP contribution >= 0.6 is 0 Å². The van der Waals surface area contributed by atoms with Crippen LogP contribution in [-0.2, 0) is 17.8 Å². The summed E-state index contributed by atoms with van der Waals surface area (Å²) in [5, 5.41) is 8.90. The number of carboxylic acid groups (broad SMARTS) is 1. The molecule has 0 atom stereocenters. The van der Waals surface area contributed by atoms with E-state index in [0.29, 0.717) is 13.1 Å². The van der Waals surface area contributed by atoms with Crippen molar-refractivity contribution < 1.29 is 14.6 Å². The average molecular weight is 263 g/mol. The van der Waals surface area contributed by atoms with Crippen LogP contribution in [-0.4, -0.2) is 34.7 Å². The molecule has 0 aromatic heterocycles. The lowest BCUT2D eigenvalue weighted by atomic mass is 10.0. The van der Waals surface area contributed by atoms with E-state index in [2.05, 4.69) is 19.9 Å². The number of hydrogen-bond donors (Lipinski definition) is 1. The van der Waals surface area contributed by atoms with Crippen molar-refractivity contribution in [2.24, 2.45) is 0 Å². The second-order valence-corrected chi connectivity index (χ2v) is 5.64. The molecule has 4 nitrogen and oxygen atoms in total. The molecule has 1 aliphatic heterocycles. The number of aliphatic carboxylic acids is 1. The van der Waals surface area contributed by atoms with Crippen molar-refractivity contribution in [3.05, 3.63) is 29.3 Å². The Labute approximate surface area is 114 Å². The Balaban J connectivity index is 2.19. The van der Waals surface area contributed by atoms with Crippen LogP contribution in [0, 0.1) is 0 Å². The van der Waals surface area contributed by atoms with Gasteiger partial charge in [-0.25, -0.2) is 0 Å². The summed E-state index contributed by atoms with van der Waals surface area (Å²) >= 11 is 0. The van der Waals surface area contributed by atoms with Gasteiger partial charge in [0.1, 0.15) is 11.4 Å². The van der Waals surface area contributed by atoms with Gasteiger partial charge in [0.15, 0.2) is 0 Å². The molecule has 19 heavy (non-hydrogen) atoms. The largest absolute Gasteiger partial charge is 0.487 e. The highest BCUT2D eigenvalue weighted by molar-refractivity contribution is 5.69. The van der Waals surface area contributed by atoms with E-state index in [-0.39, 0.29) is 12.1 Å². The fraction of sp³-hybridized carbons (Fsp3) is 0.533. The van der Waals surface area contributed by atoms with Crippen LogP contribution in [0.4, 0.5) is 0 Å². The van der Waals surface area contributed by atoms with E-state index in [1.807, 2.05) is 24.0 Å². The van der Waals surface area contributed by atoms with Crippen molar-refractivity contribution in [2.45, 2.75) is 39.3 Å². The third-order valence-corrected chi connectivity index (χ3v) is 3.37. The summed E-state index contributed by atoms with van der Waals surface area (Å²) in [4.78, 5) is 12.7. The minimum Gasteiger partial charge on any atom is -0.487 e. The van der Waals surface area contributed by atoms with Crippen molar-refractivity contribution in [1.29, 1.82) is 0 Å². The Morgan fingerprint density at radius 3 is 2.84 bits per heavy atom. The van der Waals surface area contributed by atoms with E-state index < -0.39 is 5.97 Å². The first-order valence-electron chi connectivity index (χ1n) is 6.65. The lowest BCUT2D eigenvalue weighted by Gasteiger charge is -2.21. The molecule has 0 unspecified atom stereocenters. The molecular weight excluding hydrogens is 242 g/mol. The maximum absolute atomic E-state index is 10.8. The predicted octanol–water partition coefficient (Wildman–Crippen LogP) is 2.31. The van der Waals surface area contributed by atoms with Gasteiger partial charge in [-0.3, -0.25) is 9.69 Å². The van der Waals surface area contributed by atoms with Gasteiger partial charge in [0.25, 0.3) is 0 Å². The first kappa shape index (κ1) is 13.9. The molecule has 2 rings (SSSR count). The topological polar surface area (TPSA) is 49.8 Å². The monoisotopic (exact) mass is 263 g/mol. The molecule has 1 N–H and O–H groups in total. The van der Waals surface area contributed by atoms with E-state index in [9.17, 15) is 4.79 Å². The number of para-hydroxylation sites is 1. The molecule has 0 aliphatic carbocycles. The van der Waals surface area contributed by atoms with Crippen LogP contribution in [0.3, 0.4) is 0 Å². The van der Waals surface area contributed by atoms with Gasteiger partial charge in [-0.1, -0.05) is 25.1 Å². The molecular formula is C15H21NO3. The number of likely N-dealkylation sites (N-methyl/N-ethyl adjacent to an activating group) is 1. The SMILES string of the molecule is CCN(CC(=O)O)Cc1cccc2c1OC(C)(C)C2. The van der Waals surface area contributed by atoms with Crippen molar-refractivity contribution in [3.63, 3.8) is 0 Å².